The van der Waals surface area contributed by atoms with Gasteiger partial charge in [-0.1, -0.05) is 0 Å². The zero-order valence-electron chi connectivity index (χ0n) is 18.0. The molecule has 0 unspecified atom stereocenters. The van der Waals surface area contributed by atoms with Crippen LogP contribution in [0.15, 0.2) is 73.3 Å². The number of nitrogens with one attached hydrogen (secondary N) is 1. The fourth-order valence-electron chi connectivity index (χ4n) is 2.34. The number of H-pyrrole nitrogens is 1. The van der Waals surface area contributed by atoms with Gasteiger partial charge in [0.2, 0.25) is 0 Å². The van der Waals surface area contributed by atoms with Crippen LogP contribution in [-0.4, -0.2) is 28.7 Å². The molecule has 0 amide bonds. The van der Waals surface area contributed by atoms with Crippen molar-refractivity contribution >= 4 is 39.5 Å². The molecule has 0 saturated heterocycles. The summed E-state index contributed by atoms with van der Waals surface area (Å²) >= 11 is 0.623. The van der Waals surface area contributed by atoms with Crippen LogP contribution < -0.4 is 105 Å². The Morgan fingerprint density at radius 1 is 1.00 bits per heavy atom. The minimum Gasteiger partial charge on any atom is -0.744 e. The first-order valence-electron chi connectivity index (χ1n) is 7.98. The van der Waals surface area contributed by atoms with Gasteiger partial charge in [-0.3, -0.25) is 14.9 Å². The van der Waals surface area contributed by atoms with Crippen molar-refractivity contribution in [1.29, 1.82) is 0 Å². The maximum Gasteiger partial charge on any atom is 1.00 e. The van der Waals surface area contributed by atoms with E-state index in [9.17, 15) is 32.9 Å². The number of aromatic nitrogens is 2. The molecule has 0 atom stereocenters. The van der Waals surface area contributed by atoms with Crippen LogP contribution in [0.5, 0.6) is 0 Å². The summed E-state index contributed by atoms with van der Waals surface area (Å²) in [7, 11) is -4.65. The molecule has 3 rings (SSSR count). The Bertz CT molecular complexity index is 1290. The molecule has 0 spiro atoms. The molecule has 3 aromatic rings. The molecular weight excluding hydrogens is 525 g/mol. The quantitative estimate of drug-likeness (QED) is 0.0722. The third-order valence-electron chi connectivity index (χ3n) is 3.71. The van der Waals surface area contributed by atoms with E-state index >= 15 is 0 Å². The molecule has 2 aromatic carbocycles. The second-order valence-corrected chi connectivity index (χ2v) is 7.78. The molecule has 1 aromatic heterocycles. The van der Waals surface area contributed by atoms with Gasteiger partial charge < -0.3 is 19.7 Å². The zero-order chi connectivity index (χ0) is 22.6. The second kappa shape index (κ2) is 15.0. The molecule has 0 bridgehead atoms. The first-order chi connectivity index (χ1) is 14.7. The second-order valence-electron chi connectivity index (χ2n) is 5.62. The number of carbonyl (C=O) groups is 1. The van der Waals surface area contributed by atoms with Crippen LogP contribution in [0, 0.1) is 0 Å². The van der Waals surface area contributed by atoms with E-state index in [1.807, 2.05) is 0 Å². The maximum absolute atomic E-state index is 12.6. The summed E-state index contributed by atoms with van der Waals surface area (Å²) in [6, 6.07) is 10.1. The molecule has 0 aliphatic heterocycles. The summed E-state index contributed by atoms with van der Waals surface area (Å²) in [5, 5.41) is 34.1. The summed E-state index contributed by atoms with van der Waals surface area (Å²) in [5.74, 6) is -1.72. The molecule has 0 fully saturated rings. The van der Waals surface area contributed by atoms with Gasteiger partial charge in [0.1, 0.15) is 15.8 Å². The van der Waals surface area contributed by atoms with Crippen molar-refractivity contribution in [3.05, 3.63) is 64.6 Å². The molecule has 1 N–H and O–H groups in total. The van der Waals surface area contributed by atoms with Gasteiger partial charge in [-0.15, -0.1) is 5.11 Å². The molecule has 1 heterocycles. The van der Waals surface area contributed by atoms with E-state index in [-0.39, 0.29) is 100 Å². The number of benzene rings is 2. The number of aromatic amines is 1. The van der Waals surface area contributed by atoms with Gasteiger partial charge in [0.25, 0.3) is 5.56 Å². The molecule has 0 aliphatic rings. The first-order valence-corrected chi connectivity index (χ1v) is 10.1. The Labute approximate surface area is 262 Å². The molecular formula is C16H9N4Na3O9S2. The molecule has 18 heteroatoms. The van der Waals surface area contributed by atoms with E-state index in [2.05, 4.69) is 24.7 Å². The SMILES string of the molecule is O=C([O-])c1[nH]n(-c2ccc(SOO[O-])cc2)c(=O)c1N=Nc1ccc(S(=O)(=O)[O-])cc1.[Na+].[Na+].[Na+]. The van der Waals surface area contributed by atoms with E-state index in [0.717, 1.165) is 28.9 Å². The fourth-order valence-corrected chi connectivity index (χ4v) is 3.16. The summed E-state index contributed by atoms with van der Waals surface area (Å²) in [5.41, 5.74) is -1.78. The number of carboxylic acid groups (broad SMARTS) is 1. The third-order valence-corrected chi connectivity index (χ3v) is 5.15. The van der Waals surface area contributed by atoms with E-state index in [1.165, 1.54) is 24.3 Å². The number of hydrogen-bond acceptors (Lipinski definition) is 12. The predicted octanol–water partition coefficient (Wildman–Crippen LogP) is -8.91. The van der Waals surface area contributed by atoms with Crippen molar-refractivity contribution in [2.24, 2.45) is 10.2 Å². The standard InChI is InChI=1S/C16H12N4O9S2.3Na/c21-15-13(18-17-9-1-7-12(8-2-9)31(25,26)27)14(16(22)23)19-20(15)10-3-5-11(6-4-10)30-29-28-24;;;/h1-8,19,24H,(H,22,23)(H,25,26,27);;;/q;3*+1/p-3. The molecule has 0 saturated carbocycles. The number of aromatic carboxylic acids is 1. The summed E-state index contributed by atoms with van der Waals surface area (Å²) in [4.78, 5) is 24.0. The first kappa shape index (κ1) is 33.7. The Morgan fingerprint density at radius 3 is 2.09 bits per heavy atom. The maximum atomic E-state index is 12.6. The van der Waals surface area contributed by atoms with Crippen LogP contribution >= 0.6 is 12.0 Å². The molecule has 0 aliphatic carbocycles. The summed E-state index contributed by atoms with van der Waals surface area (Å²) in [6.07, 6.45) is 0. The van der Waals surface area contributed by atoms with Crippen LogP contribution in [0.4, 0.5) is 11.4 Å². The number of carbonyl (C=O) groups excluding carboxylic acids is 1. The topological polar surface area (TPSA) is 201 Å². The average Bonchev–Trinajstić information content (AvgIpc) is 3.07. The van der Waals surface area contributed by atoms with Crippen LogP contribution in [0.1, 0.15) is 10.5 Å². The van der Waals surface area contributed by atoms with E-state index in [0.29, 0.717) is 16.9 Å². The van der Waals surface area contributed by atoms with Gasteiger partial charge in [-0.05, 0) is 48.5 Å². The van der Waals surface area contributed by atoms with Gasteiger partial charge in [0.15, 0.2) is 5.69 Å². The van der Waals surface area contributed by atoms with Crippen molar-refractivity contribution in [1.82, 2.24) is 9.78 Å². The van der Waals surface area contributed by atoms with Gasteiger partial charge in [-0.25, -0.2) is 13.1 Å². The number of carboxylic acids is 1. The number of azo groups is 1. The Morgan fingerprint density at radius 2 is 1.59 bits per heavy atom. The van der Waals surface area contributed by atoms with Gasteiger partial charge >= 0.3 is 88.7 Å². The van der Waals surface area contributed by atoms with Crippen molar-refractivity contribution in [2.75, 3.05) is 0 Å². The molecule has 162 valence electrons. The Hall–Kier alpha value is -0.340. The Balaban J connectivity index is 0.00000363. The Kier molecular flexibility index (Phi) is 14.9. The minimum absolute atomic E-state index is 0. The third kappa shape index (κ3) is 8.65. The monoisotopic (exact) mass is 534 g/mol. The van der Waals surface area contributed by atoms with Crippen LogP contribution in [0.2, 0.25) is 0 Å². The predicted molar refractivity (Wildman–Crippen MR) is 97.3 cm³/mol. The van der Waals surface area contributed by atoms with Crippen LogP contribution in [0.25, 0.3) is 5.69 Å². The van der Waals surface area contributed by atoms with Gasteiger partial charge in [-0.2, -0.15) is 9.45 Å². The molecule has 0 radical (unpaired) electrons. The van der Waals surface area contributed by atoms with E-state index in [1.54, 1.807) is 0 Å². The number of rotatable bonds is 8. The van der Waals surface area contributed by atoms with Crippen molar-refractivity contribution < 1.29 is 126 Å². The van der Waals surface area contributed by atoms with Crippen molar-refractivity contribution in [3.63, 3.8) is 0 Å². The number of hydrogen-bond donors (Lipinski definition) is 1. The van der Waals surface area contributed by atoms with Crippen LogP contribution in [0.3, 0.4) is 0 Å². The van der Waals surface area contributed by atoms with Crippen molar-refractivity contribution in [3.8, 4) is 5.69 Å². The van der Waals surface area contributed by atoms with E-state index in [4.69, 9.17) is 0 Å². The molecule has 34 heavy (non-hydrogen) atoms. The summed E-state index contributed by atoms with van der Waals surface area (Å²) in [6.45, 7) is 0. The van der Waals surface area contributed by atoms with Gasteiger partial charge in [0.05, 0.1) is 34.3 Å². The van der Waals surface area contributed by atoms with E-state index < -0.39 is 37.9 Å². The number of nitrogens with zero attached hydrogens (tertiary/aromatic N) is 3. The van der Waals surface area contributed by atoms with Crippen LogP contribution in [-0.2, 0) is 19.5 Å². The fraction of sp³-hybridized carbons (Fsp3) is 0. The zero-order valence-corrected chi connectivity index (χ0v) is 25.6. The average molecular weight is 534 g/mol. The molecule has 13 nitrogen and oxygen atoms in total. The normalized spacial score (nSPS) is 10.8. The smallest absolute Gasteiger partial charge is 0.744 e. The minimum atomic E-state index is -4.65. The largest absolute Gasteiger partial charge is 1.00 e. The van der Waals surface area contributed by atoms with Gasteiger partial charge in [0, 0.05) is 4.90 Å². The summed E-state index contributed by atoms with van der Waals surface area (Å²) < 4.78 is 37.9. The van der Waals surface area contributed by atoms with Crippen molar-refractivity contribution in [2.45, 2.75) is 9.79 Å².